The molecule has 0 atom stereocenters. The molecular formula is C12H17NO2S. The molecule has 1 heterocycles. The van der Waals surface area contributed by atoms with Crippen molar-refractivity contribution in [3.05, 3.63) is 23.8 Å². The van der Waals surface area contributed by atoms with Gasteiger partial charge in [0, 0.05) is 18.8 Å². The van der Waals surface area contributed by atoms with E-state index in [0.29, 0.717) is 13.2 Å². The summed E-state index contributed by atoms with van der Waals surface area (Å²) in [4.78, 5) is 2.23. The second-order valence-electron chi connectivity index (χ2n) is 3.94. The van der Waals surface area contributed by atoms with Crippen molar-refractivity contribution in [3.8, 4) is 11.5 Å². The van der Waals surface area contributed by atoms with E-state index in [1.54, 1.807) is 0 Å². The summed E-state index contributed by atoms with van der Waals surface area (Å²) in [6, 6.07) is 6.13. The number of thiol groups is 1. The Morgan fingerprint density at radius 1 is 1.25 bits per heavy atom. The highest BCUT2D eigenvalue weighted by Gasteiger charge is 2.11. The molecule has 0 unspecified atom stereocenters. The molecule has 0 bridgehead atoms. The van der Waals surface area contributed by atoms with Crippen LogP contribution in [0.4, 0.5) is 0 Å². The first-order valence-electron chi connectivity index (χ1n) is 5.47. The topological polar surface area (TPSA) is 21.7 Å². The monoisotopic (exact) mass is 239 g/mol. The molecular weight excluding hydrogens is 222 g/mol. The molecule has 0 fully saturated rings. The van der Waals surface area contributed by atoms with Crippen molar-refractivity contribution in [1.82, 2.24) is 4.90 Å². The van der Waals surface area contributed by atoms with Gasteiger partial charge in [-0.15, -0.1) is 0 Å². The van der Waals surface area contributed by atoms with Crippen LogP contribution in [-0.2, 0) is 6.54 Å². The number of ether oxygens (including phenoxy) is 2. The summed E-state index contributed by atoms with van der Waals surface area (Å²) in [7, 11) is 2.09. The fraction of sp³-hybridized carbons (Fsp3) is 0.500. The molecule has 0 saturated heterocycles. The van der Waals surface area contributed by atoms with Crippen LogP contribution < -0.4 is 9.47 Å². The number of hydrogen-bond donors (Lipinski definition) is 1. The molecule has 0 amide bonds. The van der Waals surface area contributed by atoms with Crippen molar-refractivity contribution in [1.29, 1.82) is 0 Å². The lowest BCUT2D eigenvalue weighted by Crippen LogP contribution is -2.20. The van der Waals surface area contributed by atoms with Crippen LogP contribution in [0.15, 0.2) is 18.2 Å². The van der Waals surface area contributed by atoms with E-state index in [4.69, 9.17) is 9.47 Å². The average molecular weight is 239 g/mol. The minimum absolute atomic E-state index is 0.642. The van der Waals surface area contributed by atoms with E-state index in [2.05, 4.69) is 36.7 Å². The van der Waals surface area contributed by atoms with Crippen LogP contribution in [0.2, 0.25) is 0 Å². The molecule has 16 heavy (non-hydrogen) atoms. The predicted molar refractivity (Wildman–Crippen MR) is 67.6 cm³/mol. The smallest absolute Gasteiger partial charge is 0.161 e. The summed E-state index contributed by atoms with van der Waals surface area (Å²) in [5, 5.41) is 0. The molecule has 1 aliphatic rings. The van der Waals surface area contributed by atoms with E-state index in [0.717, 1.165) is 30.3 Å². The zero-order valence-electron chi connectivity index (χ0n) is 9.48. The second kappa shape index (κ2) is 5.46. The maximum atomic E-state index is 5.55. The number of fused-ring (bicyclic) bond motifs is 1. The van der Waals surface area contributed by atoms with Crippen molar-refractivity contribution in [3.63, 3.8) is 0 Å². The third kappa shape index (κ3) is 2.83. The van der Waals surface area contributed by atoms with Gasteiger partial charge in [0.15, 0.2) is 11.5 Å². The lowest BCUT2D eigenvalue weighted by molar-refractivity contribution is 0.171. The summed E-state index contributed by atoms with van der Waals surface area (Å²) in [6.07, 6.45) is 0. The third-order valence-electron chi connectivity index (χ3n) is 2.54. The Morgan fingerprint density at radius 2 is 2.00 bits per heavy atom. The van der Waals surface area contributed by atoms with Gasteiger partial charge in [0.2, 0.25) is 0 Å². The van der Waals surface area contributed by atoms with Gasteiger partial charge in [-0.3, -0.25) is 0 Å². The Hall–Kier alpha value is -0.870. The Morgan fingerprint density at radius 3 is 2.75 bits per heavy atom. The highest BCUT2D eigenvalue weighted by Crippen LogP contribution is 2.30. The molecule has 3 nitrogen and oxygen atoms in total. The summed E-state index contributed by atoms with van der Waals surface area (Å²) >= 11 is 4.22. The highest BCUT2D eigenvalue weighted by molar-refractivity contribution is 7.80. The standard InChI is InChI=1S/C12H17NO2S/c1-13(4-7-16)9-10-2-3-11-12(8-10)15-6-5-14-11/h2-3,8,16H,4-7,9H2,1H3. The molecule has 0 radical (unpaired) electrons. The average Bonchev–Trinajstić information content (AvgIpc) is 2.29. The van der Waals surface area contributed by atoms with Gasteiger partial charge >= 0.3 is 0 Å². The van der Waals surface area contributed by atoms with E-state index < -0.39 is 0 Å². The summed E-state index contributed by atoms with van der Waals surface area (Å²) < 4.78 is 11.0. The molecule has 0 saturated carbocycles. The van der Waals surface area contributed by atoms with E-state index in [1.807, 2.05) is 6.07 Å². The quantitative estimate of drug-likeness (QED) is 0.810. The number of rotatable bonds is 4. The Kier molecular flexibility index (Phi) is 3.96. The zero-order chi connectivity index (χ0) is 11.4. The fourth-order valence-electron chi connectivity index (χ4n) is 1.75. The molecule has 1 aromatic carbocycles. The van der Waals surface area contributed by atoms with Crippen LogP contribution in [0.5, 0.6) is 11.5 Å². The molecule has 1 aromatic rings. The van der Waals surface area contributed by atoms with E-state index in [9.17, 15) is 0 Å². The first-order chi connectivity index (χ1) is 7.79. The van der Waals surface area contributed by atoms with Gasteiger partial charge < -0.3 is 14.4 Å². The van der Waals surface area contributed by atoms with Crippen LogP contribution in [0.3, 0.4) is 0 Å². The first-order valence-corrected chi connectivity index (χ1v) is 6.11. The predicted octanol–water partition coefficient (Wildman–Crippen LogP) is 1.82. The van der Waals surface area contributed by atoms with Crippen LogP contribution in [0.25, 0.3) is 0 Å². The summed E-state index contributed by atoms with van der Waals surface area (Å²) in [6.45, 7) is 3.18. The largest absolute Gasteiger partial charge is 0.486 e. The van der Waals surface area contributed by atoms with E-state index in [-0.39, 0.29) is 0 Å². The summed E-state index contributed by atoms with van der Waals surface area (Å²) in [5.41, 5.74) is 1.24. The molecule has 0 aliphatic carbocycles. The molecule has 2 rings (SSSR count). The number of hydrogen-bond acceptors (Lipinski definition) is 4. The number of benzene rings is 1. The fourth-order valence-corrected chi connectivity index (χ4v) is 2.09. The summed E-state index contributed by atoms with van der Waals surface area (Å²) in [5.74, 6) is 2.59. The van der Waals surface area contributed by atoms with Crippen molar-refractivity contribution in [2.75, 3.05) is 32.6 Å². The van der Waals surface area contributed by atoms with Gasteiger partial charge in [-0.05, 0) is 24.7 Å². The molecule has 4 heteroatoms. The molecule has 0 spiro atoms. The van der Waals surface area contributed by atoms with Crippen molar-refractivity contribution < 1.29 is 9.47 Å². The Bertz CT molecular complexity index is 357. The van der Waals surface area contributed by atoms with Gasteiger partial charge in [0.25, 0.3) is 0 Å². The minimum atomic E-state index is 0.642. The maximum Gasteiger partial charge on any atom is 0.161 e. The molecule has 0 N–H and O–H groups in total. The molecule has 88 valence electrons. The first kappa shape index (κ1) is 11.6. The Balaban J connectivity index is 2.05. The van der Waals surface area contributed by atoms with Crippen LogP contribution in [-0.4, -0.2) is 37.5 Å². The van der Waals surface area contributed by atoms with Gasteiger partial charge in [-0.25, -0.2) is 0 Å². The number of nitrogens with zero attached hydrogens (tertiary/aromatic N) is 1. The lowest BCUT2D eigenvalue weighted by Gasteiger charge is -2.20. The zero-order valence-corrected chi connectivity index (χ0v) is 10.4. The van der Waals surface area contributed by atoms with Crippen LogP contribution in [0.1, 0.15) is 5.56 Å². The minimum Gasteiger partial charge on any atom is -0.486 e. The van der Waals surface area contributed by atoms with Crippen molar-refractivity contribution in [2.24, 2.45) is 0 Å². The van der Waals surface area contributed by atoms with Crippen molar-refractivity contribution in [2.45, 2.75) is 6.54 Å². The van der Waals surface area contributed by atoms with Gasteiger partial charge in [-0.1, -0.05) is 6.07 Å². The molecule has 1 aliphatic heterocycles. The Labute approximate surface area is 102 Å². The second-order valence-corrected chi connectivity index (χ2v) is 4.39. The van der Waals surface area contributed by atoms with Crippen LogP contribution >= 0.6 is 12.6 Å². The maximum absolute atomic E-state index is 5.55. The van der Waals surface area contributed by atoms with Crippen LogP contribution in [0, 0.1) is 0 Å². The van der Waals surface area contributed by atoms with E-state index in [1.165, 1.54) is 5.56 Å². The van der Waals surface area contributed by atoms with Gasteiger partial charge in [0.1, 0.15) is 13.2 Å². The van der Waals surface area contributed by atoms with Gasteiger partial charge in [-0.2, -0.15) is 12.6 Å². The van der Waals surface area contributed by atoms with Crippen molar-refractivity contribution >= 4 is 12.6 Å². The van der Waals surface area contributed by atoms with Gasteiger partial charge in [0.05, 0.1) is 0 Å². The van der Waals surface area contributed by atoms with E-state index >= 15 is 0 Å². The lowest BCUT2D eigenvalue weighted by atomic mass is 10.2. The molecule has 0 aromatic heterocycles. The SMILES string of the molecule is CN(CCS)Cc1ccc2c(c1)OCCO2. The highest BCUT2D eigenvalue weighted by atomic mass is 32.1. The third-order valence-corrected chi connectivity index (χ3v) is 2.74. The normalized spacial score (nSPS) is 14.2.